The Balaban J connectivity index is 2.56. The molecule has 18 heavy (non-hydrogen) atoms. The molecule has 0 aliphatic carbocycles. The molecule has 0 aliphatic rings. The molecule has 0 radical (unpaired) electrons. The minimum absolute atomic E-state index is 0.130. The van der Waals surface area contributed by atoms with E-state index in [0.717, 1.165) is 17.1 Å². The van der Waals surface area contributed by atoms with Crippen molar-refractivity contribution < 1.29 is 17.9 Å². The topological polar surface area (TPSA) is 64.6 Å². The molecule has 6 heteroatoms. The van der Waals surface area contributed by atoms with Gasteiger partial charge in [0.05, 0.1) is 20.0 Å². The maximum atomic E-state index is 11.0. The Hall–Kier alpha value is -1.27. The lowest BCUT2D eigenvalue weighted by atomic mass is 10.2. The number of ether oxygens (including phenoxy) is 2. The van der Waals surface area contributed by atoms with Crippen molar-refractivity contribution in [3.8, 4) is 11.5 Å². The van der Waals surface area contributed by atoms with Crippen LogP contribution in [-0.2, 0) is 16.4 Å². The molecular weight excluding hydrogens is 254 g/mol. The lowest BCUT2D eigenvalue weighted by molar-refractivity contribution is 0.390. The second kappa shape index (κ2) is 6.61. The van der Waals surface area contributed by atoms with Crippen LogP contribution in [0.4, 0.5) is 0 Å². The SMILES string of the molecule is COc1ccc(CNCCS(C)(=O)=O)c(OC)c1. The second-order valence-corrected chi connectivity index (χ2v) is 6.24. The first-order valence-electron chi connectivity index (χ1n) is 5.55. The summed E-state index contributed by atoms with van der Waals surface area (Å²) in [6, 6.07) is 5.54. The number of hydrogen-bond donors (Lipinski definition) is 1. The summed E-state index contributed by atoms with van der Waals surface area (Å²) in [6.07, 6.45) is 1.22. The van der Waals surface area contributed by atoms with Gasteiger partial charge in [-0.25, -0.2) is 8.42 Å². The summed E-state index contributed by atoms with van der Waals surface area (Å²) >= 11 is 0. The van der Waals surface area contributed by atoms with Crippen molar-refractivity contribution in [3.05, 3.63) is 23.8 Å². The molecule has 0 bridgehead atoms. The Morgan fingerprint density at radius 3 is 2.50 bits per heavy atom. The zero-order valence-corrected chi connectivity index (χ0v) is 11.7. The summed E-state index contributed by atoms with van der Waals surface area (Å²) in [5.41, 5.74) is 0.965. The van der Waals surface area contributed by atoms with Crippen molar-refractivity contribution in [2.75, 3.05) is 32.8 Å². The van der Waals surface area contributed by atoms with Crippen molar-refractivity contribution in [2.45, 2.75) is 6.54 Å². The van der Waals surface area contributed by atoms with E-state index in [4.69, 9.17) is 9.47 Å². The molecule has 0 heterocycles. The highest BCUT2D eigenvalue weighted by molar-refractivity contribution is 7.90. The highest BCUT2D eigenvalue weighted by Crippen LogP contribution is 2.24. The number of hydrogen-bond acceptors (Lipinski definition) is 5. The maximum Gasteiger partial charge on any atom is 0.148 e. The number of benzene rings is 1. The molecule has 1 aromatic rings. The molecule has 0 amide bonds. The quantitative estimate of drug-likeness (QED) is 0.746. The first-order chi connectivity index (χ1) is 8.46. The fourth-order valence-corrected chi connectivity index (χ4v) is 1.99. The molecule has 5 nitrogen and oxygen atoms in total. The minimum atomic E-state index is -2.92. The number of sulfone groups is 1. The van der Waals surface area contributed by atoms with E-state index >= 15 is 0 Å². The van der Waals surface area contributed by atoms with Gasteiger partial charge in [-0.1, -0.05) is 6.07 Å². The largest absolute Gasteiger partial charge is 0.497 e. The van der Waals surface area contributed by atoms with Crippen molar-refractivity contribution in [2.24, 2.45) is 0 Å². The Morgan fingerprint density at radius 2 is 1.94 bits per heavy atom. The van der Waals surface area contributed by atoms with Gasteiger partial charge in [0.1, 0.15) is 21.3 Å². The average molecular weight is 273 g/mol. The fourth-order valence-electron chi connectivity index (χ4n) is 1.48. The molecule has 1 N–H and O–H groups in total. The first kappa shape index (κ1) is 14.8. The molecule has 0 aliphatic heterocycles. The summed E-state index contributed by atoms with van der Waals surface area (Å²) < 4.78 is 32.3. The Bertz CT molecular complexity index is 485. The van der Waals surface area contributed by atoms with Crippen LogP contribution in [0.1, 0.15) is 5.56 Å². The number of rotatable bonds is 7. The van der Waals surface area contributed by atoms with Crippen LogP contribution in [0.15, 0.2) is 18.2 Å². The van der Waals surface area contributed by atoms with Gasteiger partial charge in [0.2, 0.25) is 0 Å². The highest BCUT2D eigenvalue weighted by atomic mass is 32.2. The van der Waals surface area contributed by atoms with Crippen LogP contribution < -0.4 is 14.8 Å². The molecule has 0 saturated carbocycles. The van der Waals surface area contributed by atoms with Crippen molar-refractivity contribution in [1.82, 2.24) is 5.32 Å². The van der Waals surface area contributed by atoms with E-state index in [1.807, 2.05) is 12.1 Å². The van der Waals surface area contributed by atoms with Crippen LogP contribution >= 0.6 is 0 Å². The maximum absolute atomic E-state index is 11.0. The van der Waals surface area contributed by atoms with Crippen molar-refractivity contribution in [1.29, 1.82) is 0 Å². The molecule has 1 aromatic carbocycles. The van der Waals surface area contributed by atoms with E-state index < -0.39 is 9.84 Å². The third-order valence-corrected chi connectivity index (χ3v) is 3.41. The molecule has 1 rings (SSSR count). The van der Waals surface area contributed by atoms with E-state index in [-0.39, 0.29) is 5.75 Å². The highest BCUT2D eigenvalue weighted by Gasteiger charge is 2.05. The van der Waals surface area contributed by atoms with Crippen LogP contribution in [-0.4, -0.2) is 41.2 Å². The number of nitrogens with one attached hydrogen (secondary N) is 1. The molecular formula is C12H19NO4S. The fraction of sp³-hybridized carbons (Fsp3) is 0.500. The molecule has 0 atom stereocenters. The summed E-state index contributed by atoms with van der Waals surface area (Å²) in [7, 11) is 0.269. The third kappa shape index (κ3) is 4.93. The van der Waals surface area contributed by atoms with Crippen molar-refractivity contribution >= 4 is 9.84 Å². The van der Waals surface area contributed by atoms with Gasteiger partial charge in [0.25, 0.3) is 0 Å². The second-order valence-electron chi connectivity index (χ2n) is 3.98. The van der Waals surface area contributed by atoms with E-state index in [2.05, 4.69) is 5.32 Å². The standard InChI is InChI=1S/C12H19NO4S/c1-16-11-5-4-10(12(8-11)17-2)9-13-6-7-18(3,14)15/h4-5,8,13H,6-7,9H2,1-3H3. The van der Waals surface area contributed by atoms with Crippen LogP contribution in [0.25, 0.3) is 0 Å². The molecule has 0 spiro atoms. The van der Waals surface area contributed by atoms with Crippen LogP contribution in [0, 0.1) is 0 Å². The van der Waals surface area contributed by atoms with E-state index in [0.29, 0.717) is 13.1 Å². The minimum Gasteiger partial charge on any atom is -0.497 e. The molecule has 0 saturated heterocycles. The summed E-state index contributed by atoms with van der Waals surface area (Å²) in [5, 5.41) is 3.07. The summed E-state index contributed by atoms with van der Waals surface area (Å²) in [4.78, 5) is 0. The lowest BCUT2D eigenvalue weighted by Crippen LogP contribution is -2.22. The van der Waals surface area contributed by atoms with E-state index in [9.17, 15) is 8.42 Å². The van der Waals surface area contributed by atoms with Gasteiger partial charge < -0.3 is 14.8 Å². The van der Waals surface area contributed by atoms with E-state index in [1.54, 1.807) is 20.3 Å². The Morgan fingerprint density at radius 1 is 1.22 bits per heavy atom. The van der Waals surface area contributed by atoms with Gasteiger partial charge in [-0.2, -0.15) is 0 Å². The average Bonchev–Trinajstić information content (AvgIpc) is 2.33. The number of methoxy groups -OCH3 is 2. The molecule has 102 valence electrons. The Kier molecular flexibility index (Phi) is 5.43. The summed E-state index contributed by atoms with van der Waals surface area (Å²) in [5.74, 6) is 1.58. The zero-order chi connectivity index (χ0) is 13.6. The van der Waals surface area contributed by atoms with Crippen LogP contribution in [0.3, 0.4) is 0 Å². The first-order valence-corrected chi connectivity index (χ1v) is 7.61. The monoisotopic (exact) mass is 273 g/mol. The van der Waals surface area contributed by atoms with Gasteiger partial charge in [0.15, 0.2) is 0 Å². The van der Waals surface area contributed by atoms with Gasteiger partial charge in [-0.3, -0.25) is 0 Å². The van der Waals surface area contributed by atoms with Crippen LogP contribution in [0.5, 0.6) is 11.5 Å². The molecule has 0 unspecified atom stereocenters. The van der Waals surface area contributed by atoms with E-state index in [1.165, 1.54) is 6.26 Å². The van der Waals surface area contributed by atoms with Gasteiger partial charge in [0, 0.05) is 31.0 Å². The molecule has 0 aromatic heterocycles. The third-order valence-electron chi connectivity index (χ3n) is 2.46. The Labute approximate surface area is 108 Å². The lowest BCUT2D eigenvalue weighted by Gasteiger charge is -2.11. The van der Waals surface area contributed by atoms with Crippen LogP contribution in [0.2, 0.25) is 0 Å². The van der Waals surface area contributed by atoms with Crippen molar-refractivity contribution in [3.63, 3.8) is 0 Å². The predicted octanol–water partition coefficient (Wildman–Crippen LogP) is 0.838. The van der Waals surface area contributed by atoms with Gasteiger partial charge >= 0.3 is 0 Å². The molecule has 0 fully saturated rings. The zero-order valence-electron chi connectivity index (χ0n) is 10.9. The predicted molar refractivity (Wildman–Crippen MR) is 71.0 cm³/mol. The normalized spacial score (nSPS) is 11.3. The van der Waals surface area contributed by atoms with Gasteiger partial charge in [-0.15, -0.1) is 0 Å². The smallest absolute Gasteiger partial charge is 0.148 e. The summed E-state index contributed by atoms with van der Waals surface area (Å²) in [6.45, 7) is 0.983. The van der Waals surface area contributed by atoms with Gasteiger partial charge in [-0.05, 0) is 6.07 Å².